The maximum atomic E-state index is 11.8. The van der Waals surface area contributed by atoms with Crippen LogP contribution in [0.4, 0.5) is 26.3 Å². The third-order valence-corrected chi connectivity index (χ3v) is 1.57. The Kier molecular flexibility index (Phi) is 2.90. The van der Waals surface area contributed by atoms with E-state index in [9.17, 15) is 26.3 Å². The Balaban J connectivity index is 2.63. The third kappa shape index (κ3) is 2.89. The molecule has 0 spiro atoms. The van der Waals surface area contributed by atoms with Crippen molar-refractivity contribution in [1.82, 2.24) is 0 Å². The van der Waals surface area contributed by atoms with Gasteiger partial charge in [-0.15, -0.1) is 0 Å². The van der Waals surface area contributed by atoms with Crippen molar-refractivity contribution in [3.63, 3.8) is 0 Å². The summed E-state index contributed by atoms with van der Waals surface area (Å²) in [6.45, 7) is 0. The van der Waals surface area contributed by atoms with Gasteiger partial charge in [0.25, 0.3) is 6.10 Å². The molecule has 0 radical (unpaired) electrons. The molecule has 14 heavy (non-hydrogen) atoms. The van der Waals surface area contributed by atoms with E-state index in [0.29, 0.717) is 0 Å². The standard InChI is InChI=1S/C5H3ClF6O2/c6-1-2(13-1)14-3(4(7,8)9)5(10,11)12/h1-3H. The van der Waals surface area contributed by atoms with E-state index in [1.807, 2.05) is 0 Å². The first-order valence-electron chi connectivity index (χ1n) is 3.21. The van der Waals surface area contributed by atoms with Crippen molar-refractivity contribution < 1.29 is 35.8 Å². The predicted molar refractivity (Wildman–Crippen MR) is 31.5 cm³/mol. The van der Waals surface area contributed by atoms with Crippen LogP contribution in [0.2, 0.25) is 0 Å². The van der Waals surface area contributed by atoms with Gasteiger partial charge in [0.1, 0.15) is 0 Å². The molecule has 84 valence electrons. The lowest BCUT2D eigenvalue weighted by Crippen LogP contribution is -2.45. The normalized spacial score (nSPS) is 28.3. The minimum Gasteiger partial charge on any atom is -0.327 e. The molecule has 1 rings (SSSR count). The summed E-state index contributed by atoms with van der Waals surface area (Å²) in [5.41, 5.74) is -1.25. The first-order valence-corrected chi connectivity index (χ1v) is 3.64. The van der Waals surface area contributed by atoms with Gasteiger partial charge in [0.05, 0.1) is 0 Å². The fraction of sp³-hybridized carbons (Fsp3) is 1.00. The van der Waals surface area contributed by atoms with Gasteiger partial charge in [0, 0.05) is 0 Å². The van der Waals surface area contributed by atoms with Gasteiger partial charge in [-0.05, 0) is 0 Å². The topological polar surface area (TPSA) is 21.8 Å². The van der Waals surface area contributed by atoms with Crippen molar-refractivity contribution in [2.24, 2.45) is 0 Å². The average molecular weight is 245 g/mol. The minimum absolute atomic E-state index is 1.25. The van der Waals surface area contributed by atoms with E-state index < -0.39 is 30.3 Å². The Hall–Kier alpha value is -0.210. The lowest BCUT2D eigenvalue weighted by atomic mass is 10.3. The Morgan fingerprint density at radius 3 is 1.64 bits per heavy atom. The summed E-state index contributed by atoms with van der Waals surface area (Å²) in [4.78, 5) is 0. The van der Waals surface area contributed by atoms with Gasteiger partial charge in [-0.2, -0.15) is 26.3 Å². The second-order valence-electron chi connectivity index (χ2n) is 2.45. The fourth-order valence-corrected chi connectivity index (χ4v) is 0.811. The van der Waals surface area contributed by atoms with Gasteiger partial charge >= 0.3 is 12.4 Å². The van der Waals surface area contributed by atoms with Gasteiger partial charge in [0.2, 0.25) is 6.29 Å². The number of alkyl halides is 7. The van der Waals surface area contributed by atoms with E-state index >= 15 is 0 Å². The lowest BCUT2D eigenvalue weighted by molar-refractivity contribution is -0.329. The van der Waals surface area contributed by atoms with Crippen LogP contribution in [-0.2, 0) is 9.47 Å². The molecule has 9 heteroatoms. The first kappa shape index (κ1) is 11.9. The molecule has 1 fully saturated rings. The van der Waals surface area contributed by atoms with Crippen LogP contribution < -0.4 is 0 Å². The fourth-order valence-electron chi connectivity index (χ4n) is 0.651. The molecule has 2 nitrogen and oxygen atoms in total. The Labute approximate surface area is 78.7 Å². The molecule has 2 atom stereocenters. The zero-order valence-corrected chi connectivity index (χ0v) is 6.95. The summed E-state index contributed by atoms with van der Waals surface area (Å²) < 4.78 is 78.4. The second kappa shape index (κ2) is 3.42. The molecule has 0 aromatic heterocycles. The van der Waals surface area contributed by atoms with Crippen molar-refractivity contribution in [1.29, 1.82) is 0 Å². The van der Waals surface area contributed by atoms with Crippen LogP contribution in [0.3, 0.4) is 0 Å². The maximum absolute atomic E-state index is 11.8. The largest absolute Gasteiger partial charge is 0.423 e. The second-order valence-corrected chi connectivity index (χ2v) is 2.89. The molecule has 0 aromatic rings. The summed E-state index contributed by atoms with van der Waals surface area (Å²) in [6.07, 6.45) is -16.6. The molecule has 1 heterocycles. The van der Waals surface area contributed by atoms with Crippen molar-refractivity contribution in [2.75, 3.05) is 0 Å². The molecule has 2 unspecified atom stereocenters. The first-order chi connectivity index (χ1) is 6.12. The van der Waals surface area contributed by atoms with Gasteiger partial charge in [-0.1, -0.05) is 11.6 Å². The van der Waals surface area contributed by atoms with Crippen molar-refractivity contribution in [2.45, 2.75) is 30.3 Å². The van der Waals surface area contributed by atoms with Crippen LogP contribution >= 0.6 is 11.6 Å². The SMILES string of the molecule is FC(F)(F)C(OC1OC1Cl)C(F)(F)F. The van der Waals surface area contributed by atoms with Crippen LogP contribution in [0.1, 0.15) is 0 Å². The lowest BCUT2D eigenvalue weighted by Gasteiger charge is -2.21. The van der Waals surface area contributed by atoms with Crippen molar-refractivity contribution in [3.05, 3.63) is 0 Å². The maximum Gasteiger partial charge on any atom is 0.423 e. The van der Waals surface area contributed by atoms with Crippen LogP contribution in [0, 0.1) is 0 Å². The molecule has 0 amide bonds. The molecule has 0 saturated carbocycles. The van der Waals surface area contributed by atoms with Crippen molar-refractivity contribution >= 4 is 11.6 Å². The summed E-state index contributed by atoms with van der Waals surface area (Å²) >= 11 is 5.01. The molecule has 1 aliphatic rings. The Bertz CT molecular complexity index is 199. The molecule has 0 aliphatic carbocycles. The van der Waals surface area contributed by atoms with Gasteiger partial charge in [-0.3, -0.25) is 0 Å². The quantitative estimate of drug-likeness (QED) is 0.423. The van der Waals surface area contributed by atoms with Gasteiger partial charge in [-0.25, -0.2) is 0 Å². The summed E-state index contributed by atoms with van der Waals surface area (Å²) in [5.74, 6) is 0. The summed E-state index contributed by atoms with van der Waals surface area (Å²) in [6, 6.07) is 0. The summed E-state index contributed by atoms with van der Waals surface area (Å²) in [7, 11) is 0. The molecular weight excluding hydrogens is 241 g/mol. The monoisotopic (exact) mass is 244 g/mol. The zero-order valence-electron chi connectivity index (χ0n) is 6.19. The average Bonchev–Trinajstić information content (AvgIpc) is 2.56. The minimum atomic E-state index is -5.53. The number of ether oxygens (including phenoxy) is 2. The third-order valence-electron chi connectivity index (χ3n) is 1.27. The molecular formula is C5H3ClF6O2. The van der Waals surface area contributed by atoms with Gasteiger partial charge in [0.15, 0.2) is 5.56 Å². The van der Waals surface area contributed by atoms with Gasteiger partial charge < -0.3 is 9.47 Å². The smallest absolute Gasteiger partial charge is 0.327 e. The number of halogens is 7. The van der Waals surface area contributed by atoms with Crippen molar-refractivity contribution in [3.8, 4) is 0 Å². The molecule has 1 aliphatic heterocycles. The highest BCUT2D eigenvalue weighted by Gasteiger charge is 2.61. The van der Waals surface area contributed by atoms with E-state index in [-0.39, 0.29) is 0 Å². The summed E-state index contributed by atoms with van der Waals surface area (Å²) in [5, 5.41) is 0. The highest BCUT2D eigenvalue weighted by Crippen LogP contribution is 2.40. The molecule has 0 aromatic carbocycles. The highest BCUT2D eigenvalue weighted by atomic mass is 35.5. The predicted octanol–water partition coefficient (Wildman–Crippen LogP) is 2.42. The zero-order chi connectivity index (χ0) is 11.1. The number of rotatable bonds is 2. The highest BCUT2D eigenvalue weighted by molar-refractivity contribution is 6.21. The van der Waals surface area contributed by atoms with Crippen LogP contribution in [0.15, 0.2) is 0 Å². The number of hydrogen-bond donors (Lipinski definition) is 0. The number of epoxide rings is 1. The van der Waals surface area contributed by atoms with E-state index in [2.05, 4.69) is 9.47 Å². The molecule has 1 saturated heterocycles. The molecule has 0 bridgehead atoms. The van der Waals surface area contributed by atoms with Crippen LogP contribution in [0.5, 0.6) is 0 Å². The van der Waals surface area contributed by atoms with Crippen LogP contribution in [-0.4, -0.2) is 30.3 Å². The van der Waals surface area contributed by atoms with E-state index in [1.54, 1.807) is 0 Å². The number of hydrogen-bond acceptors (Lipinski definition) is 2. The molecule has 0 N–H and O–H groups in total. The van der Waals surface area contributed by atoms with E-state index in [1.165, 1.54) is 0 Å². The Morgan fingerprint density at radius 1 is 1.07 bits per heavy atom. The Morgan fingerprint density at radius 2 is 1.43 bits per heavy atom. The van der Waals surface area contributed by atoms with Crippen LogP contribution in [0.25, 0.3) is 0 Å². The van der Waals surface area contributed by atoms with E-state index in [4.69, 9.17) is 11.6 Å². The van der Waals surface area contributed by atoms with E-state index in [0.717, 1.165) is 0 Å².